The van der Waals surface area contributed by atoms with Crippen molar-refractivity contribution < 1.29 is 14.6 Å². The molecule has 158 valence electrons. The zero-order valence-electron chi connectivity index (χ0n) is 18.4. The van der Waals surface area contributed by atoms with Gasteiger partial charge < -0.3 is 9.84 Å². The molecule has 0 radical (unpaired) electrons. The van der Waals surface area contributed by atoms with Crippen molar-refractivity contribution in [2.45, 2.75) is 91.1 Å². The fourth-order valence-electron chi connectivity index (χ4n) is 8.27. The van der Waals surface area contributed by atoms with Crippen LogP contribution in [0.1, 0.15) is 85.0 Å². The Morgan fingerprint density at radius 1 is 1.21 bits per heavy atom. The molecule has 28 heavy (non-hydrogen) atoms. The standard InChI is InChI=1S/C25H40O3/c1-16(5-10-23(27)28-4)20-8-9-21-19-7-6-17-15-18(26)11-13-24(17,2)22(19)12-14-25(20,21)3/h6,16,18-22,26H,5,7-15H2,1-4H3/t16-,18+,19-,20-,21+,22+,24-,25+/m0/s1. The number of hydrogen-bond acceptors (Lipinski definition) is 3. The molecule has 3 nitrogen and oxygen atoms in total. The zero-order chi connectivity index (χ0) is 20.1. The van der Waals surface area contributed by atoms with E-state index in [0.29, 0.717) is 23.2 Å². The highest BCUT2D eigenvalue weighted by molar-refractivity contribution is 5.69. The van der Waals surface area contributed by atoms with Crippen molar-refractivity contribution in [3.63, 3.8) is 0 Å². The minimum absolute atomic E-state index is 0.0624. The number of ether oxygens (including phenoxy) is 1. The van der Waals surface area contributed by atoms with Crippen LogP contribution in [0, 0.1) is 40.4 Å². The van der Waals surface area contributed by atoms with Crippen molar-refractivity contribution in [2.24, 2.45) is 40.4 Å². The number of aliphatic hydroxyl groups excluding tert-OH is 1. The van der Waals surface area contributed by atoms with Gasteiger partial charge in [0.05, 0.1) is 13.2 Å². The van der Waals surface area contributed by atoms with E-state index in [-0.39, 0.29) is 12.1 Å². The minimum Gasteiger partial charge on any atom is -0.469 e. The van der Waals surface area contributed by atoms with Gasteiger partial charge in [-0.05, 0) is 98.2 Å². The molecule has 4 rings (SSSR count). The molecular weight excluding hydrogens is 348 g/mol. The maximum absolute atomic E-state index is 11.6. The molecule has 0 aromatic heterocycles. The second kappa shape index (κ2) is 7.45. The van der Waals surface area contributed by atoms with Crippen LogP contribution in [0.5, 0.6) is 0 Å². The van der Waals surface area contributed by atoms with E-state index in [2.05, 4.69) is 26.8 Å². The lowest BCUT2D eigenvalue weighted by molar-refractivity contribution is -0.141. The summed E-state index contributed by atoms with van der Waals surface area (Å²) in [6.45, 7) is 7.46. The lowest BCUT2D eigenvalue weighted by atomic mass is 9.47. The summed E-state index contributed by atoms with van der Waals surface area (Å²) >= 11 is 0. The first-order chi connectivity index (χ1) is 13.3. The van der Waals surface area contributed by atoms with E-state index >= 15 is 0 Å². The Bertz CT molecular complexity index is 640. The second-order valence-electron chi connectivity index (χ2n) is 11.0. The summed E-state index contributed by atoms with van der Waals surface area (Å²) in [5.74, 6) is 3.74. The third-order valence-corrected chi connectivity index (χ3v) is 9.87. The Morgan fingerprint density at radius 3 is 2.75 bits per heavy atom. The summed E-state index contributed by atoms with van der Waals surface area (Å²) in [4.78, 5) is 11.6. The van der Waals surface area contributed by atoms with Crippen molar-refractivity contribution in [1.82, 2.24) is 0 Å². The third-order valence-electron chi connectivity index (χ3n) is 9.87. The summed E-state index contributed by atoms with van der Waals surface area (Å²) < 4.78 is 4.87. The van der Waals surface area contributed by atoms with Crippen LogP contribution in [0.25, 0.3) is 0 Å². The Kier molecular flexibility index (Phi) is 5.44. The van der Waals surface area contributed by atoms with Crippen molar-refractivity contribution in [3.8, 4) is 0 Å². The highest BCUT2D eigenvalue weighted by atomic mass is 16.5. The van der Waals surface area contributed by atoms with E-state index in [0.717, 1.165) is 42.9 Å². The summed E-state index contributed by atoms with van der Waals surface area (Å²) in [5.41, 5.74) is 2.34. The molecule has 0 spiro atoms. The molecule has 3 heteroatoms. The Labute approximate surface area is 171 Å². The van der Waals surface area contributed by atoms with Crippen LogP contribution >= 0.6 is 0 Å². The molecule has 0 unspecified atom stereocenters. The second-order valence-corrected chi connectivity index (χ2v) is 11.0. The first-order valence-electron chi connectivity index (χ1n) is 11.7. The molecule has 4 aliphatic rings. The predicted octanol–water partition coefficient (Wildman–Crippen LogP) is 5.52. The van der Waals surface area contributed by atoms with Gasteiger partial charge in [-0.2, -0.15) is 0 Å². The van der Waals surface area contributed by atoms with Gasteiger partial charge in [0.15, 0.2) is 0 Å². The maximum Gasteiger partial charge on any atom is 0.305 e. The molecular formula is C25H40O3. The van der Waals surface area contributed by atoms with Crippen molar-refractivity contribution in [2.75, 3.05) is 7.11 Å². The third kappa shape index (κ3) is 3.16. The first-order valence-corrected chi connectivity index (χ1v) is 11.7. The normalized spacial score (nSPS) is 46.0. The number of carbonyl (C=O) groups excluding carboxylic acids is 1. The number of esters is 1. The summed E-state index contributed by atoms with van der Waals surface area (Å²) in [6.07, 6.45) is 13.6. The highest BCUT2D eigenvalue weighted by Crippen LogP contribution is 2.67. The van der Waals surface area contributed by atoms with Gasteiger partial charge in [-0.1, -0.05) is 32.4 Å². The largest absolute Gasteiger partial charge is 0.469 e. The van der Waals surface area contributed by atoms with Crippen LogP contribution in [-0.2, 0) is 9.53 Å². The molecule has 0 saturated heterocycles. The van der Waals surface area contributed by atoms with E-state index < -0.39 is 0 Å². The molecule has 0 heterocycles. The van der Waals surface area contributed by atoms with E-state index in [1.807, 2.05) is 0 Å². The Hall–Kier alpha value is -0.830. The maximum atomic E-state index is 11.6. The van der Waals surface area contributed by atoms with Crippen LogP contribution in [0.3, 0.4) is 0 Å². The Balaban J connectivity index is 1.51. The topological polar surface area (TPSA) is 46.5 Å². The molecule has 8 atom stereocenters. The predicted molar refractivity (Wildman–Crippen MR) is 112 cm³/mol. The summed E-state index contributed by atoms with van der Waals surface area (Å²) in [5, 5.41) is 10.2. The average molecular weight is 389 g/mol. The lowest BCUT2D eigenvalue weighted by Crippen LogP contribution is -2.50. The van der Waals surface area contributed by atoms with Gasteiger partial charge in [0.25, 0.3) is 0 Å². The van der Waals surface area contributed by atoms with Gasteiger partial charge in [-0.25, -0.2) is 0 Å². The number of hydrogen-bond donors (Lipinski definition) is 1. The first kappa shape index (κ1) is 20.4. The van der Waals surface area contributed by atoms with Crippen molar-refractivity contribution in [3.05, 3.63) is 11.6 Å². The Morgan fingerprint density at radius 2 is 2.00 bits per heavy atom. The fraction of sp³-hybridized carbons (Fsp3) is 0.880. The molecule has 0 aromatic rings. The van der Waals surface area contributed by atoms with E-state index in [9.17, 15) is 9.90 Å². The van der Waals surface area contributed by atoms with Crippen molar-refractivity contribution in [1.29, 1.82) is 0 Å². The zero-order valence-corrected chi connectivity index (χ0v) is 18.4. The van der Waals surface area contributed by atoms with Crippen LogP contribution in [0.15, 0.2) is 11.6 Å². The van der Waals surface area contributed by atoms with Gasteiger partial charge in [0.1, 0.15) is 0 Å². The van der Waals surface area contributed by atoms with Crippen molar-refractivity contribution >= 4 is 5.97 Å². The quantitative estimate of drug-likeness (QED) is 0.510. The minimum atomic E-state index is -0.115. The van der Waals surface area contributed by atoms with Gasteiger partial charge >= 0.3 is 5.97 Å². The molecule has 0 aliphatic heterocycles. The number of rotatable bonds is 4. The molecule has 0 amide bonds. The summed E-state index contributed by atoms with van der Waals surface area (Å²) in [7, 11) is 1.50. The number of allylic oxidation sites excluding steroid dienone is 1. The number of carbonyl (C=O) groups is 1. The van der Waals surface area contributed by atoms with Gasteiger partial charge in [0, 0.05) is 6.42 Å². The smallest absolute Gasteiger partial charge is 0.305 e. The number of aliphatic hydroxyl groups is 1. The molecule has 0 aromatic carbocycles. The molecule has 3 saturated carbocycles. The van der Waals surface area contributed by atoms with Crippen LogP contribution in [0.4, 0.5) is 0 Å². The average Bonchev–Trinajstić information content (AvgIpc) is 3.03. The number of methoxy groups -OCH3 is 1. The molecule has 4 aliphatic carbocycles. The molecule has 0 bridgehead atoms. The van der Waals surface area contributed by atoms with Crippen LogP contribution in [0.2, 0.25) is 0 Å². The fourth-order valence-corrected chi connectivity index (χ4v) is 8.27. The van der Waals surface area contributed by atoms with E-state index in [4.69, 9.17) is 4.74 Å². The highest BCUT2D eigenvalue weighted by Gasteiger charge is 2.59. The molecule has 1 N–H and O–H groups in total. The van der Waals surface area contributed by atoms with Gasteiger partial charge in [0.2, 0.25) is 0 Å². The van der Waals surface area contributed by atoms with Crippen LogP contribution < -0.4 is 0 Å². The SMILES string of the molecule is COC(=O)CC[C@H](C)[C@@H]1CC[C@@H]2[C@@H]3CC=C4C[C@H](O)CC[C@]4(C)[C@@H]3CC[C@@]21C. The van der Waals surface area contributed by atoms with E-state index in [1.54, 1.807) is 5.57 Å². The summed E-state index contributed by atoms with van der Waals surface area (Å²) in [6, 6.07) is 0. The monoisotopic (exact) mass is 388 g/mol. The lowest BCUT2D eigenvalue weighted by Gasteiger charge is -2.58. The van der Waals surface area contributed by atoms with Gasteiger partial charge in [-0.15, -0.1) is 0 Å². The van der Waals surface area contributed by atoms with Gasteiger partial charge in [-0.3, -0.25) is 4.79 Å². The molecule has 3 fully saturated rings. The van der Waals surface area contributed by atoms with Crippen LogP contribution in [-0.4, -0.2) is 24.3 Å². The number of fused-ring (bicyclic) bond motifs is 5. The van der Waals surface area contributed by atoms with E-state index in [1.165, 1.54) is 45.6 Å².